The molecule has 14 heavy (non-hydrogen) atoms. The number of nitriles is 1. The predicted octanol–water partition coefficient (Wildman–Crippen LogP) is 2.01. The summed E-state index contributed by atoms with van der Waals surface area (Å²) in [6, 6.07) is 6.24. The van der Waals surface area contributed by atoms with Gasteiger partial charge in [-0.2, -0.15) is 5.26 Å². The number of hydrogen-bond donors (Lipinski definition) is 1. The van der Waals surface area contributed by atoms with Crippen LogP contribution in [-0.2, 0) is 6.42 Å². The van der Waals surface area contributed by atoms with Crippen molar-refractivity contribution in [2.45, 2.75) is 25.9 Å². The number of aliphatic hydroxyl groups is 1. The fourth-order valence-corrected chi connectivity index (χ4v) is 1.19. The molecule has 0 saturated heterocycles. The number of benzene rings is 1. The van der Waals surface area contributed by atoms with Crippen molar-refractivity contribution in [3.05, 3.63) is 35.1 Å². The lowest BCUT2D eigenvalue weighted by molar-refractivity contribution is 0.185. The van der Waals surface area contributed by atoms with Gasteiger partial charge in [-0.3, -0.25) is 0 Å². The average Bonchev–Trinajstić information content (AvgIpc) is 2.16. The molecule has 0 aliphatic carbocycles. The quantitative estimate of drug-likeness (QED) is 0.798. The van der Waals surface area contributed by atoms with E-state index in [9.17, 15) is 4.39 Å². The minimum absolute atomic E-state index is 0.0630. The smallest absolute Gasteiger partial charge is 0.140 e. The molecule has 1 N–H and O–H groups in total. The molecule has 0 fully saturated rings. The van der Waals surface area contributed by atoms with Crippen LogP contribution in [0.4, 0.5) is 4.39 Å². The van der Waals surface area contributed by atoms with Crippen LogP contribution >= 0.6 is 0 Å². The van der Waals surface area contributed by atoms with E-state index in [1.807, 2.05) is 0 Å². The second-order valence-electron chi connectivity index (χ2n) is 3.31. The molecule has 1 atom stereocenters. The van der Waals surface area contributed by atoms with Crippen molar-refractivity contribution in [2.75, 3.05) is 0 Å². The standard InChI is InChI=1S/C11H12FNO/c1-8(14)2-3-9-4-5-11(12)10(6-9)7-13/h4-6,8,14H,2-3H2,1H3. The summed E-state index contributed by atoms with van der Waals surface area (Å²) in [7, 11) is 0. The van der Waals surface area contributed by atoms with E-state index < -0.39 is 5.82 Å². The Morgan fingerprint density at radius 3 is 2.86 bits per heavy atom. The highest BCUT2D eigenvalue weighted by Gasteiger charge is 2.03. The summed E-state index contributed by atoms with van der Waals surface area (Å²) in [5.41, 5.74) is 0.942. The molecule has 3 heteroatoms. The van der Waals surface area contributed by atoms with Crippen LogP contribution in [0.1, 0.15) is 24.5 Å². The third-order valence-corrected chi connectivity index (χ3v) is 2.00. The van der Waals surface area contributed by atoms with Crippen LogP contribution in [0.3, 0.4) is 0 Å². The highest BCUT2D eigenvalue weighted by atomic mass is 19.1. The topological polar surface area (TPSA) is 44.0 Å². The van der Waals surface area contributed by atoms with E-state index in [2.05, 4.69) is 0 Å². The Morgan fingerprint density at radius 2 is 2.29 bits per heavy atom. The van der Waals surface area contributed by atoms with E-state index in [-0.39, 0.29) is 11.7 Å². The van der Waals surface area contributed by atoms with Gasteiger partial charge in [0.15, 0.2) is 0 Å². The first-order valence-corrected chi connectivity index (χ1v) is 4.50. The van der Waals surface area contributed by atoms with Gasteiger partial charge >= 0.3 is 0 Å². The summed E-state index contributed by atoms with van der Waals surface area (Å²) in [6.07, 6.45) is 0.911. The Balaban J connectivity index is 2.76. The molecular formula is C11H12FNO. The number of hydrogen-bond acceptors (Lipinski definition) is 2. The van der Waals surface area contributed by atoms with Crippen LogP contribution in [0.5, 0.6) is 0 Å². The van der Waals surface area contributed by atoms with Gasteiger partial charge in [0.05, 0.1) is 11.7 Å². The van der Waals surface area contributed by atoms with E-state index in [1.165, 1.54) is 12.1 Å². The van der Waals surface area contributed by atoms with E-state index in [4.69, 9.17) is 10.4 Å². The monoisotopic (exact) mass is 193 g/mol. The molecule has 0 aromatic heterocycles. The van der Waals surface area contributed by atoms with Crippen molar-refractivity contribution < 1.29 is 9.50 Å². The zero-order chi connectivity index (χ0) is 10.6. The fourth-order valence-electron chi connectivity index (χ4n) is 1.19. The Bertz CT molecular complexity index is 355. The molecule has 0 saturated carbocycles. The van der Waals surface area contributed by atoms with Gasteiger partial charge in [-0.05, 0) is 37.5 Å². The molecule has 1 unspecified atom stereocenters. The van der Waals surface area contributed by atoms with Gasteiger partial charge in [-0.15, -0.1) is 0 Å². The van der Waals surface area contributed by atoms with Crippen LogP contribution in [0.2, 0.25) is 0 Å². The normalized spacial score (nSPS) is 12.1. The van der Waals surface area contributed by atoms with Gasteiger partial charge < -0.3 is 5.11 Å². The maximum absolute atomic E-state index is 12.9. The summed E-state index contributed by atoms with van der Waals surface area (Å²) in [5.74, 6) is -0.492. The van der Waals surface area contributed by atoms with Gasteiger partial charge in [0.2, 0.25) is 0 Å². The van der Waals surface area contributed by atoms with Gasteiger partial charge in [0, 0.05) is 0 Å². The van der Waals surface area contributed by atoms with Crippen molar-refractivity contribution in [2.24, 2.45) is 0 Å². The average molecular weight is 193 g/mol. The van der Waals surface area contributed by atoms with Gasteiger partial charge in [-0.25, -0.2) is 4.39 Å². The molecule has 1 aromatic carbocycles. The lowest BCUT2D eigenvalue weighted by atomic mass is 10.0. The Hall–Kier alpha value is -1.40. The molecular weight excluding hydrogens is 181 g/mol. The first kappa shape index (κ1) is 10.7. The summed E-state index contributed by atoms with van der Waals surface area (Å²) in [6.45, 7) is 1.70. The van der Waals surface area contributed by atoms with Crippen molar-refractivity contribution in [1.29, 1.82) is 5.26 Å². The number of nitrogens with zero attached hydrogens (tertiary/aromatic N) is 1. The van der Waals surface area contributed by atoms with Crippen molar-refractivity contribution >= 4 is 0 Å². The molecule has 1 rings (SSSR count). The lowest BCUT2D eigenvalue weighted by Crippen LogP contribution is -2.01. The number of rotatable bonds is 3. The summed E-state index contributed by atoms with van der Waals surface area (Å²) in [5, 5.41) is 17.6. The first-order chi connectivity index (χ1) is 6.63. The SMILES string of the molecule is CC(O)CCc1ccc(F)c(C#N)c1. The van der Waals surface area contributed by atoms with Crippen LogP contribution < -0.4 is 0 Å². The van der Waals surface area contributed by atoms with Gasteiger partial charge in [-0.1, -0.05) is 6.07 Å². The van der Waals surface area contributed by atoms with Crippen LogP contribution in [0.25, 0.3) is 0 Å². The molecule has 0 bridgehead atoms. The Kier molecular flexibility index (Phi) is 3.61. The van der Waals surface area contributed by atoms with E-state index in [0.29, 0.717) is 12.8 Å². The van der Waals surface area contributed by atoms with Crippen LogP contribution in [0, 0.1) is 17.1 Å². The van der Waals surface area contributed by atoms with Crippen LogP contribution in [0.15, 0.2) is 18.2 Å². The van der Waals surface area contributed by atoms with Gasteiger partial charge in [0.1, 0.15) is 11.9 Å². The second kappa shape index (κ2) is 4.73. The third-order valence-electron chi connectivity index (χ3n) is 2.00. The maximum atomic E-state index is 12.9. The van der Waals surface area contributed by atoms with Crippen LogP contribution in [-0.4, -0.2) is 11.2 Å². The lowest BCUT2D eigenvalue weighted by Gasteiger charge is -2.04. The number of aryl methyl sites for hydroxylation is 1. The molecule has 1 aromatic rings. The van der Waals surface area contributed by atoms with Crippen molar-refractivity contribution in [1.82, 2.24) is 0 Å². The molecule has 0 spiro atoms. The molecule has 0 amide bonds. The van der Waals surface area contributed by atoms with E-state index in [1.54, 1.807) is 19.1 Å². The highest BCUT2D eigenvalue weighted by molar-refractivity contribution is 5.34. The van der Waals surface area contributed by atoms with Crippen molar-refractivity contribution in [3.8, 4) is 6.07 Å². The molecule has 2 nitrogen and oxygen atoms in total. The molecule has 0 aliphatic rings. The summed E-state index contributed by atoms with van der Waals surface area (Å²) in [4.78, 5) is 0. The zero-order valence-corrected chi connectivity index (χ0v) is 8.00. The second-order valence-corrected chi connectivity index (χ2v) is 3.31. The number of halogens is 1. The summed E-state index contributed by atoms with van der Waals surface area (Å²) >= 11 is 0. The largest absolute Gasteiger partial charge is 0.393 e. The Labute approximate surface area is 82.6 Å². The molecule has 0 aliphatic heterocycles. The van der Waals surface area contributed by atoms with Crippen molar-refractivity contribution in [3.63, 3.8) is 0 Å². The maximum Gasteiger partial charge on any atom is 0.140 e. The summed E-state index contributed by atoms with van der Waals surface area (Å²) < 4.78 is 12.9. The number of aliphatic hydroxyl groups excluding tert-OH is 1. The molecule has 74 valence electrons. The molecule has 0 radical (unpaired) electrons. The zero-order valence-electron chi connectivity index (χ0n) is 8.00. The van der Waals surface area contributed by atoms with E-state index >= 15 is 0 Å². The third kappa shape index (κ3) is 2.82. The first-order valence-electron chi connectivity index (χ1n) is 4.50. The minimum atomic E-state index is -0.492. The fraction of sp³-hybridized carbons (Fsp3) is 0.364. The van der Waals surface area contributed by atoms with E-state index in [0.717, 1.165) is 5.56 Å². The molecule has 0 heterocycles. The van der Waals surface area contributed by atoms with Gasteiger partial charge in [0.25, 0.3) is 0 Å². The Morgan fingerprint density at radius 1 is 1.57 bits per heavy atom. The minimum Gasteiger partial charge on any atom is -0.393 e. The predicted molar refractivity (Wildman–Crippen MR) is 51.1 cm³/mol. The highest BCUT2D eigenvalue weighted by Crippen LogP contribution is 2.11.